The third-order valence-corrected chi connectivity index (χ3v) is 2.27. The van der Waals surface area contributed by atoms with Gasteiger partial charge >= 0.3 is 5.97 Å². The molecule has 0 aliphatic rings. The summed E-state index contributed by atoms with van der Waals surface area (Å²) in [4.78, 5) is 14.5. The Morgan fingerprint density at radius 1 is 1.41 bits per heavy atom. The van der Waals surface area contributed by atoms with Crippen molar-refractivity contribution in [2.45, 2.75) is 0 Å². The normalized spacial score (nSPS) is 10.2. The molecule has 0 aliphatic carbocycles. The van der Waals surface area contributed by atoms with Gasteiger partial charge in [-0.15, -0.1) is 0 Å². The molecule has 1 aromatic carbocycles. The first-order valence-electron chi connectivity index (χ1n) is 4.98. The van der Waals surface area contributed by atoms with Crippen molar-refractivity contribution in [1.82, 2.24) is 4.98 Å². The third-order valence-electron chi connectivity index (χ3n) is 2.27. The van der Waals surface area contributed by atoms with Gasteiger partial charge in [0.1, 0.15) is 5.75 Å². The van der Waals surface area contributed by atoms with E-state index in [1.807, 2.05) is 18.2 Å². The number of ether oxygens (including phenoxy) is 2. The van der Waals surface area contributed by atoms with Gasteiger partial charge in [0.25, 0.3) is 0 Å². The Morgan fingerprint density at radius 2 is 2.24 bits per heavy atom. The maximum absolute atomic E-state index is 10.5. The van der Waals surface area contributed by atoms with Gasteiger partial charge in [-0.05, 0) is 23.6 Å². The Bertz CT molecular complexity index is 553. The molecule has 1 N–H and O–H groups in total. The first-order chi connectivity index (χ1) is 8.20. The number of carbonyl (C=O) groups is 1. The third kappa shape index (κ3) is 2.44. The summed E-state index contributed by atoms with van der Waals surface area (Å²) in [7, 11) is 1.56. The minimum Gasteiger partial charge on any atom is -0.497 e. The average molecular weight is 233 g/mol. The minimum atomic E-state index is -1.04. The van der Waals surface area contributed by atoms with Crippen LogP contribution in [0.2, 0.25) is 0 Å². The van der Waals surface area contributed by atoms with Gasteiger partial charge in [-0.2, -0.15) is 0 Å². The van der Waals surface area contributed by atoms with Gasteiger partial charge in [-0.3, -0.25) is 0 Å². The van der Waals surface area contributed by atoms with Crippen LogP contribution in [0, 0.1) is 0 Å². The molecular weight excluding hydrogens is 222 g/mol. The fourth-order valence-corrected chi connectivity index (χ4v) is 1.49. The second-order valence-corrected chi connectivity index (χ2v) is 3.39. The van der Waals surface area contributed by atoms with Crippen molar-refractivity contribution in [3.8, 4) is 11.6 Å². The molecule has 1 heterocycles. The Labute approximate surface area is 97.6 Å². The van der Waals surface area contributed by atoms with E-state index in [0.29, 0.717) is 11.6 Å². The van der Waals surface area contributed by atoms with E-state index < -0.39 is 12.6 Å². The number of methoxy groups -OCH3 is 1. The Balaban J connectivity index is 2.43. The van der Waals surface area contributed by atoms with Crippen molar-refractivity contribution >= 4 is 16.7 Å². The number of hydrogen-bond donors (Lipinski definition) is 1. The van der Waals surface area contributed by atoms with Gasteiger partial charge in [0.2, 0.25) is 5.88 Å². The first kappa shape index (κ1) is 11.2. The lowest BCUT2D eigenvalue weighted by molar-refractivity contribution is -0.139. The molecule has 0 spiro atoms. The van der Waals surface area contributed by atoms with Crippen LogP contribution in [0.25, 0.3) is 10.8 Å². The van der Waals surface area contributed by atoms with Crippen LogP contribution in [0.1, 0.15) is 0 Å². The Kier molecular flexibility index (Phi) is 3.09. The van der Waals surface area contributed by atoms with E-state index in [1.54, 1.807) is 19.4 Å². The molecular formula is C12H11NO4. The molecule has 0 bridgehead atoms. The predicted octanol–water partition coefficient (Wildman–Crippen LogP) is 1.71. The van der Waals surface area contributed by atoms with Crippen molar-refractivity contribution < 1.29 is 19.4 Å². The molecule has 0 radical (unpaired) electrons. The molecule has 0 atom stereocenters. The van der Waals surface area contributed by atoms with Crippen LogP contribution in [-0.4, -0.2) is 29.8 Å². The quantitative estimate of drug-likeness (QED) is 0.870. The Hall–Kier alpha value is -2.30. The summed E-state index contributed by atoms with van der Waals surface area (Å²) in [5, 5.41) is 10.2. The SMILES string of the molecule is COc1ccc2ccnc(OCC(=O)O)c2c1. The maximum Gasteiger partial charge on any atom is 0.341 e. The number of pyridine rings is 1. The molecule has 88 valence electrons. The highest BCUT2D eigenvalue weighted by atomic mass is 16.5. The van der Waals surface area contributed by atoms with Crippen LogP contribution in [0.5, 0.6) is 11.6 Å². The monoisotopic (exact) mass is 233 g/mol. The molecule has 5 nitrogen and oxygen atoms in total. The summed E-state index contributed by atoms with van der Waals surface area (Å²) in [6.45, 7) is -0.413. The zero-order valence-electron chi connectivity index (χ0n) is 9.21. The molecule has 2 rings (SSSR count). The number of rotatable bonds is 4. The number of benzene rings is 1. The molecule has 2 aromatic rings. The maximum atomic E-state index is 10.5. The van der Waals surface area contributed by atoms with Crippen LogP contribution in [0.4, 0.5) is 0 Å². The summed E-state index contributed by atoms with van der Waals surface area (Å²) >= 11 is 0. The number of nitrogens with zero attached hydrogens (tertiary/aromatic N) is 1. The average Bonchev–Trinajstić information content (AvgIpc) is 2.35. The second-order valence-electron chi connectivity index (χ2n) is 3.39. The fourth-order valence-electron chi connectivity index (χ4n) is 1.49. The molecule has 0 saturated carbocycles. The lowest BCUT2D eigenvalue weighted by atomic mass is 10.1. The van der Waals surface area contributed by atoms with Gasteiger partial charge in [-0.25, -0.2) is 9.78 Å². The summed E-state index contributed by atoms with van der Waals surface area (Å²) in [5.74, 6) is -0.0684. The number of aliphatic carboxylic acids is 1. The number of hydrogen-bond acceptors (Lipinski definition) is 4. The number of carboxylic acid groups (broad SMARTS) is 1. The molecule has 0 aliphatic heterocycles. The van der Waals surface area contributed by atoms with E-state index in [-0.39, 0.29) is 0 Å². The lowest BCUT2D eigenvalue weighted by Crippen LogP contribution is -2.10. The summed E-state index contributed by atoms with van der Waals surface area (Å²) in [5.41, 5.74) is 0. The Morgan fingerprint density at radius 3 is 2.94 bits per heavy atom. The smallest absolute Gasteiger partial charge is 0.341 e. The molecule has 0 amide bonds. The van der Waals surface area contributed by atoms with Crippen molar-refractivity contribution in [1.29, 1.82) is 0 Å². The highest BCUT2D eigenvalue weighted by molar-refractivity contribution is 5.88. The predicted molar refractivity (Wildman–Crippen MR) is 61.4 cm³/mol. The largest absolute Gasteiger partial charge is 0.497 e. The molecule has 5 heteroatoms. The summed E-state index contributed by atoms with van der Waals surface area (Å²) < 4.78 is 10.2. The molecule has 0 saturated heterocycles. The van der Waals surface area contributed by atoms with Crippen LogP contribution in [0.3, 0.4) is 0 Å². The zero-order valence-corrected chi connectivity index (χ0v) is 9.21. The second kappa shape index (κ2) is 4.69. The molecule has 0 fully saturated rings. The molecule has 1 aromatic heterocycles. The summed E-state index contributed by atoms with van der Waals surface area (Å²) in [6.07, 6.45) is 1.58. The fraction of sp³-hybridized carbons (Fsp3) is 0.167. The van der Waals surface area contributed by atoms with E-state index in [2.05, 4.69) is 4.98 Å². The molecule has 17 heavy (non-hydrogen) atoms. The van der Waals surface area contributed by atoms with Gasteiger partial charge in [0.15, 0.2) is 6.61 Å². The van der Waals surface area contributed by atoms with Gasteiger partial charge in [0, 0.05) is 11.6 Å². The lowest BCUT2D eigenvalue weighted by Gasteiger charge is -2.07. The highest BCUT2D eigenvalue weighted by Gasteiger charge is 2.06. The topological polar surface area (TPSA) is 68.7 Å². The minimum absolute atomic E-state index is 0.295. The van der Waals surface area contributed by atoms with Crippen molar-refractivity contribution in [3.05, 3.63) is 30.5 Å². The van der Waals surface area contributed by atoms with Crippen LogP contribution in [-0.2, 0) is 4.79 Å². The number of carboxylic acids is 1. The standard InChI is InChI=1S/C12H11NO4/c1-16-9-3-2-8-4-5-13-12(10(8)6-9)17-7-11(14)15/h2-6H,7H2,1H3,(H,14,15). The van der Waals surface area contributed by atoms with Crippen LogP contribution in [0.15, 0.2) is 30.5 Å². The van der Waals surface area contributed by atoms with Crippen LogP contribution < -0.4 is 9.47 Å². The van der Waals surface area contributed by atoms with E-state index >= 15 is 0 Å². The zero-order chi connectivity index (χ0) is 12.3. The van der Waals surface area contributed by atoms with E-state index in [0.717, 1.165) is 10.8 Å². The number of fused-ring (bicyclic) bond motifs is 1. The van der Waals surface area contributed by atoms with Crippen molar-refractivity contribution in [3.63, 3.8) is 0 Å². The van der Waals surface area contributed by atoms with Crippen molar-refractivity contribution in [2.75, 3.05) is 13.7 Å². The van der Waals surface area contributed by atoms with Gasteiger partial charge in [-0.1, -0.05) is 6.07 Å². The van der Waals surface area contributed by atoms with E-state index in [4.69, 9.17) is 14.6 Å². The van der Waals surface area contributed by atoms with Gasteiger partial charge < -0.3 is 14.6 Å². The molecule has 0 unspecified atom stereocenters. The van der Waals surface area contributed by atoms with E-state index in [1.165, 1.54) is 0 Å². The highest BCUT2D eigenvalue weighted by Crippen LogP contribution is 2.26. The van der Waals surface area contributed by atoms with E-state index in [9.17, 15) is 4.79 Å². The van der Waals surface area contributed by atoms with Crippen molar-refractivity contribution in [2.24, 2.45) is 0 Å². The van der Waals surface area contributed by atoms with Gasteiger partial charge in [0.05, 0.1) is 7.11 Å². The summed E-state index contributed by atoms with van der Waals surface area (Å²) in [6, 6.07) is 7.27. The number of aromatic nitrogens is 1. The first-order valence-corrected chi connectivity index (χ1v) is 4.98. The van der Waals surface area contributed by atoms with Crippen LogP contribution >= 0.6 is 0 Å².